The third-order valence-corrected chi connectivity index (χ3v) is 2.76. The Morgan fingerprint density at radius 2 is 1.95 bits per heavy atom. The van der Waals surface area contributed by atoms with E-state index in [9.17, 15) is 9.59 Å². The van der Waals surface area contributed by atoms with Crippen molar-refractivity contribution in [1.29, 1.82) is 0 Å². The highest BCUT2D eigenvalue weighted by molar-refractivity contribution is 6.30. The van der Waals surface area contributed by atoms with E-state index in [1.807, 2.05) is 6.92 Å². The van der Waals surface area contributed by atoms with Gasteiger partial charge in [0.25, 0.3) is 5.91 Å². The first kappa shape index (κ1) is 16.3. The average Bonchev–Trinajstić information content (AvgIpc) is 2.44. The van der Waals surface area contributed by atoms with Crippen LogP contribution in [0.2, 0.25) is 5.02 Å². The van der Waals surface area contributed by atoms with Gasteiger partial charge in [0.1, 0.15) is 11.8 Å². The summed E-state index contributed by atoms with van der Waals surface area (Å²) in [6.07, 6.45) is 0.853. The van der Waals surface area contributed by atoms with E-state index in [0.29, 0.717) is 17.3 Å². The van der Waals surface area contributed by atoms with E-state index in [1.54, 1.807) is 31.2 Å². The van der Waals surface area contributed by atoms with E-state index < -0.39 is 6.04 Å². The maximum Gasteiger partial charge on any atom is 0.258 e. The van der Waals surface area contributed by atoms with Crippen LogP contribution in [0.4, 0.5) is 0 Å². The molecule has 0 unspecified atom stereocenters. The molecule has 0 bridgehead atoms. The standard InChI is InChI=1S/C14H19ClN2O3/c1-3-8-16-14(19)10(2)17-13(18)9-20-12-6-4-11(15)5-7-12/h4-7,10H,3,8-9H2,1-2H3,(H,16,19)(H,17,18)/t10-/m1/s1. The predicted molar refractivity (Wildman–Crippen MR) is 77.9 cm³/mol. The van der Waals surface area contributed by atoms with Crippen LogP contribution >= 0.6 is 11.6 Å². The smallest absolute Gasteiger partial charge is 0.258 e. The molecule has 1 aromatic carbocycles. The van der Waals surface area contributed by atoms with Crippen molar-refractivity contribution in [2.45, 2.75) is 26.3 Å². The van der Waals surface area contributed by atoms with Crippen LogP contribution in [0.3, 0.4) is 0 Å². The summed E-state index contributed by atoms with van der Waals surface area (Å²) in [4.78, 5) is 23.2. The van der Waals surface area contributed by atoms with E-state index in [0.717, 1.165) is 6.42 Å². The lowest BCUT2D eigenvalue weighted by molar-refractivity contribution is -0.129. The first-order chi connectivity index (χ1) is 9.52. The summed E-state index contributed by atoms with van der Waals surface area (Å²) in [6, 6.07) is 6.12. The van der Waals surface area contributed by atoms with E-state index in [-0.39, 0.29) is 18.4 Å². The van der Waals surface area contributed by atoms with Crippen molar-refractivity contribution in [2.75, 3.05) is 13.2 Å². The Kier molecular flexibility index (Phi) is 6.87. The molecule has 5 nitrogen and oxygen atoms in total. The molecule has 0 aliphatic carbocycles. The summed E-state index contributed by atoms with van der Waals surface area (Å²) in [5, 5.41) is 5.88. The molecule has 0 fully saturated rings. The third-order valence-electron chi connectivity index (χ3n) is 2.50. The molecule has 20 heavy (non-hydrogen) atoms. The molecule has 1 rings (SSSR count). The number of carbonyl (C=O) groups excluding carboxylic acids is 2. The molecule has 0 aliphatic rings. The second-order valence-corrected chi connectivity index (χ2v) is 4.76. The van der Waals surface area contributed by atoms with Crippen molar-refractivity contribution < 1.29 is 14.3 Å². The zero-order chi connectivity index (χ0) is 15.0. The van der Waals surface area contributed by atoms with E-state index in [1.165, 1.54) is 0 Å². The van der Waals surface area contributed by atoms with Gasteiger partial charge < -0.3 is 15.4 Å². The normalized spacial score (nSPS) is 11.6. The van der Waals surface area contributed by atoms with Gasteiger partial charge in [0, 0.05) is 11.6 Å². The van der Waals surface area contributed by atoms with Crippen LogP contribution in [0.25, 0.3) is 0 Å². The first-order valence-electron chi connectivity index (χ1n) is 6.48. The monoisotopic (exact) mass is 298 g/mol. The lowest BCUT2D eigenvalue weighted by Gasteiger charge is -2.14. The summed E-state index contributed by atoms with van der Waals surface area (Å²) < 4.78 is 5.28. The maximum absolute atomic E-state index is 11.6. The van der Waals surface area contributed by atoms with Crippen LogP contribution in [0.15, 0.2) is 24.3 Å². The van der Waals surface area contributed by atoms with Gasteiger partial charge in [-0.15, -0.1) is 0 Å². The Bertz CT molecular complexity index is 448. The van der Waals surface area contributed by atoms with Gasteiger partial charge in [-0.1, -0.05) is 18.5 Å². The number of amides is 2. The van der Waals surface area contributed by atoms with Crippen molar-refractivity contribution in [1.82, 2.24) is 10.6 Å². The number of nitrogens with one attached hydrogen (secondary N) is 2. The lowest BCUT2D eigenvalue weighted by Crippen LogP contribution is -2.46. The second kappa shape index (κ2) is 8.43. The highest BCUT2D eigenvalue weighted by Crippen LogP contribution is 2.15. The molecule has 0 radical (unpaired) electrons. The van der Waals surface area contributed by atoms with Gasteiger partial charge in [0.05, 0.1) is 0 Å². The van der Waals surface area contributed by atoms with Crippen LogP contribution in [0.1, 0.15) is 20.3 Å². The lowest BCUT2D eigenvalue weighted by atomic mass is 10.3. The summed E-state index contributed by atoms with van der Waals surface area (Å²) in [6.45, 7) is 4.04. The zero-order valence-electron chi connectivity index (χ0n) is 11.6. The molecule has 0 saturated carbocycles. The topological polar surface area (TPSA) is 67.4 Å². The van der Waals surface area contributed by atoms with E-state index >= 15 is 0 Å². The second-order valence-electron chi connectivity index (χ2n) is 4.32. The van der Waals surface area contributed by atoms with Crippen LogP contribution in [-0.4, -0.2) is 31.0 Å². The Labute approximate surface area is 123 Å². The predicted octanol–water partition coefficient (Wildman–Crippen LogP) is 1.75. The molecule has 0 aromatic heterocycles. The fourth-order valence-corrected chi connectivity index (χ4v) is 1.56. The van der Waals surface area contributed by atoms with Gasteiger partial charge in [-0.3, -0.25) is 9.59 Å². The van der Waals surface area contributed by atoms with Gasteiger partial charge in [-0.05, 0) is 37.6 Å². The molecule has 110 valence electrons. The van der Waals surface area contributed by atoms with Crippen molar-refractivity contribution in [3.05, 3.63) is 29.3 Å². The number of rotatable bonds is 7. The first-order valence-corrected chi connectivity index (χ1v) is 6.86. The van der Waals surface area contributed by atoms with Gasteiger partial charge in [0.15, 0.2) is 6.61 Å². The van der Waals surface area contributed by atoms with Crippen molar-refractivity contribution in [3.8, 4) is 5.75 Å². The summed E-state index contributed by atoms with van der Waals surface area (Å²) in [7, 11) is 0. The molecular formula is C14H19ClN2O3. The largest absolute Gasteiger partial charge is 0.484 e. The number of hydrogen-bond acceptors (Lipinski definition) is 3. The minimum atomic E-state index is -0.581. The Morgan fingerprint density at radius 3 is 2.55 bits per heavy atom. The number of halogens is 1. The van der Waals surface area contributed by atoms with Crippen molar-refractivity contribution in [2.24, 2.45) is 0 Å². The average molecular weight is 299 g/mol. The molecule has 0 spiro atoms. The fourth-order valence-electron chi connectivity index (χ4n) is 1.43. The molecule has 6 heteroatoms. The van der Waals surface area contributed by atoms with Crippen molar-refractivity contribution in [3.63, 3.8) is 0 Å². The molecule has 0 aliphatic heterocycles. The third kappa shape index (κ3) is 5.93. The summed E-state index contributed by atoms with van der Waals surface area (Å²) >= 11 is 5.74. The van der Waals surface area contributed by atoms with Gasteiger partial charge in [-0.25, -0.2) is 0 Å². The molecule has 0 saturated heterocycles. The molecule has 1 atom stereocenters. The van der Waals surface area contributed by atoms with Gasteiger partial charge in [0.2, 0.25) is 5.91 Å². The SMILES string of the molecule is CCCNC(=O)[C@@H](C)NC(=O)COc1ccc(Cl)cc1. The highest BCUT2D eigenvalue weighted by atomic mass is 35.5. The number of ether oxygens (including phenoxy) is 1. The maximum atomic E-state index is 11.6. The minimum absolute atomic E-state index is 0.146. The van der Waals surface area contributed by atoms with Crippen LogP contribution < -0.4 is 15.4 Å². The van der Waals surface area contributed by atoms with Crippen molar-refractivity contribution >= 4 is 23.4 Å². The highest BCUT2D eigenvalue weighted by Gasteiger charge is 2.14. The minimum Gasteiger partial charge on any atom is -0.484 e. The van der Waals surface area contributed by atoms with Crippen LogP contribution in [0, 0.1) is 0 Å². The Morgan fingerprint density at radius 1 is 1.30 bits per heavy atom. The quantitative estimate of drug-likeness (QED) is 0.806. The molecule has 0 heterocycles. The summed E-state index contributed by atoms with van der Waals surface area (Å²) in [5.41, 5.74) is 0. The van der Waals surface area contributed by atoms with Gasteiger partial charge in [-0.2, -0.15) is 0 Å². The number of benzene rings is 1. The van der Waals surface area contributed by atoms with E-state index in [2.05, 4.69) is 10.6 Å². The molecular weight excluding hydrogens is 280 g/mol. The zero-order valence-corrected chi connectivity index (χ0v) is 12.4. The summed E-state index contributed by atoms with van der Waals surface area (Å²) in [5.74, 6) is -0.00145. The number of hydrogen-bond donors (Lipinski definition) is 2. The fraction of sp³-hybridized carbons (Fsp3) is 0.429. The van der Waals surface area contributed by atoms with Gasteiger partial charge >= 0.3 is 0 Å². The Hall–Kier alpha value is -1.75. The molecule has 2 amide bonds. The molecule has 1 aromatic rings. The molecule has 2 N–H and O–H groups in total. The van der Waals surface area contributed by atoms with Crippen LogP contribution in [-0.2, 0) is 9.59 Å². The van der Waals surface area contributed by atoms with E-state index in [4.69, 9.17) is 16.3 Å². The number of carbonyl (C=O) groups is 2. The Balaban J connectivity index is 2.32. The van der Waals surface area contributed by atoms with Crippen LogP contribution in [0.5, 0.6) is 5.75 Å².